The molecule has 1 fully saturated rings. The van der Waals surface area contributed by atoms with E-state index in [1.807, 2.05) is 26.0 Å². The van der Waals surface area contributed by atoms with Crippen molar-refractivity contribution in [2.45, 2.75) is 20.3 Å². The highest BCUT2D eigenvalue weighted by Gasteiger charge is 2.24. The van der Waals surface area contributed by atoms with Crippen molar-refractivity contribution in [3.8, 4) is 0 Å². The number of carbonyl (C=O) groups is 1. The number of ether oxygens (including phenoxy) is 1. The second kappa shape index (κ2) is 4.04. The van der Waals surface area contributed by atoms with Gasteiger partial charge in [-0.2, -0.15) is 0 Å². The summed E-state index contributed by atoms with van der Waals surface area (Å²) in [5.74, 6) is 0. The number of nitrogens with zero attached hydrogens (tertiary/aromatic N) is 1. The van der Waals surface area contributed by atoms with E-state index in [1.165, 1.54) is 0 Å². The zero-order chi connectivity index (χ0) is 11.7. The van der Waals surface area contributed by atoms with Gasteiger partial charge in [0, 0.05) is 12.2 Å². The number of nitrogens with two attached hydrogens (primary N) is 1. The van der Waals surface area contributed by atoms with Gasteiger partial charge in [-0.25, -0.2) is 4.79 Å². The Balaban J connectivity index is 2.46. The van der Waals surface area contributed by atoms with Crippen molar-refractivity contribution in [1.82, 2.24) is 0 Å². The van der Waals surface area contributed by atoms with Crippen molar-refractivity contribution >= 4 is 17.5 Å². The monoisotopic (exact) mass is 220 g/mol. The Morgan fingerprint density at radius 1 is 1.38 bits per heavy atom. The zero-order valence-corrected chi connectivity index (χ0v) is 9.62. The molecule has 2 rings (SSSR count). The van der Waals surface area contributed by atoms with Gasteiger partial charge in [0.15, 0.2) is 0 Å². The SMILES string of the molecule is Cc1ccc(N)c(C)c1N1CCCOC1=O. The molecule has 0 spiro atoms. The Hall–Kier alpha value is -1.71. The summed E-state index contributed by atoms with van der Waals surface area (Å²) in [6.45, 7) is 5.11. The summed E-state index contributed by atoms with van der Waals surface area (Å²) in [4.78, 5) is 13.3. The lowest BCUT2D eigenvalue weighted by atomic mass is 10.1. The highest BCUT2D eigenvalue weighted by molar-refractivity contribution is 5.91. The number of rotatable bonds is 1. The van der Waals surface area contributed by atoms with E-state index in [0.29, 0.717) is 18.8 Å². The molecule has 0 unspecified atom stereocenters. The van der Waals surface area contributed by atoms with Gasteiger partial charge in [0.25, 0.3) is 0 Å². The van der Waals surface area contributed by atoms with Gasteiger partial charge in [-0.15, -0.1) is 0 Å². The lowest BCUT2D eigenvalue weighted by molar-refractivity contribution is 0.140. The van der Waals surface area contributed by atoms with E-state index in [-0.39, 0.29) is 6.09 Å². The van der Waals surface area contributed by atoms with Crippen molar-refractivity contribution in [3.05, 3.63) is 23.3 Å². The fourth-order valence-electron chi connectivity index (χ4n) is 2.02. The van der Waals surface area contributed by atoms with Crippen LogP contribution >= 0.6 is 0 Å². The molecule has 4 heteroatoms. The van der Waals surface area contributed by atoms with Crippen molar-refractivity contribution < 1.29 is 9.53 Å². The van der Waals surface area contributed by atoms with Gasteiger partial charge in [-0.05, 0) is 37.5 Å². The maximum Gasteiger partial charge on any atom is 0.414 e. The molecule has 0 bridgehead atoms. The Labute approximate surface area is 95.0 Å². The molecule has 2 N–H and O–H groups in total. The van der Waals surface area contributed by atoms with Crippen LogP contribution in [0.15, 0.2) is 12.1 Å². The van der Waals surface area contributed by atoms with Crippen molar-refractivity contribution in [2.24, 2.45) is 0 Å². The van der Waals surface area contributed by atoms with Crippen LogP contribution in [0.25, 0.3) is 0 Å². The summed E-state index contributed by atoms with van der Waals surface area (Å²) in [6.07, 6.45) is 0.586. The van der Waals surface area contributed by atoms with Crippen LogP contribution in [0.2, 0.25) is 0 Å². The van der Waals surface area contributed by atoms with Gasteiger partial charge in [-0.3, -0.25) is 4.90 Å². The maximum atomic E-state index is 11.7. The summed E-state index contributed by atoms with van der Waals surface area (Å²) in [5.41, 5.74) is 9.45. The second-order valence-electron chi connectivity index (χ2n) is 4.06. The Bertz CT molecular complexity index is 429. The molecule has 1 aliphatic heterocycles. The first kappa shape index (κ1) is 10.8. The fourth-order valence-corrected chi connectivity index (χ4v) is 2.02. The molecule has 16 heavy (non-hydrogen) atoms. The molecule has 1 aromatic carbocycles. The maximum absolute atomic E-state index is 11.7. The highest BCUT2D eigenvalue weighted by Crippen LogP contribution is 2.30. The predicted molar refractivity (Wildman–Crippen MR) is 63.6 cm³/mol. The van der Waals surface area contributed by atoms with Crippen LogP contribution in [0.4, 0.5) is 16.2 Å². The lowest BCUT2D eigenvalue weighted by Gasteiger charge is -2.29. The van der Waals surface area contributed by atoms with E-state index < -0.39 is 0 Å². The van der Waals surface area contributed by atoms with Gasteiger partial charge in [0.2, 0.25) is 0 Å². The minimum Gasteiger partial charge on any atom is -0.449 e. The van der Waals surface area contributed by atoms with Crippen molar-refractivity contribution in [3.63, 3.8) is 0 Å². The fraction of sp³-hybridized carbons (Fsp3) is 0.417. The molecule has 0 aliphatic carbocycles. The minimum absolute atomic E-state index is 0.275. The summed E-state index contributed by atoms with van der Waals surface area (Å²) in [6, 6.07) is 3.79. The first-order valence-electron chi connectivity index (χ1n) is 5.41. The second-order valence-corrected chi connectivity index (χ2v) is 4.06. The normalized spacial score (nSPS) is 16.1. The quantitative estimate of drug-likeness (QED) is 0.738. The zero-order valence-electron chi connectivity index (χ0n) is 9.62. The van der Waals surface area contributed by atoms with Crippen molar-refractivity contribution in [2.75, 3.05) is 23.8 Å². The number of carbonyl (C=O) groups excluding carboxylic acids is 1. The predicted octanol–water partition coefficient (Wildman–Crippen LogP) is 2.23. The van der Waals surface area contributed by atoms with E-state index >= 15 is 0 Å². The molecule has 0 atom stereocenters. The lowest BCUT2D eigenvalue weighted by Crippen LogP contribution is -2.38. The highest BCUT2D eigenvalue weighted by atomic mass is 16.6. The molecule has 1 aliphatic rings. The smallest absolute Gasteiger partial charge is 0.414 e. The van der Waals surface area contributed by atoms with Crippen LogP contribution in [-0.2, 0) is 4.74 Å². The first-order chi connectivity index (χ1) is 7.61. The Morgan fingerprint density at radius 3 is 2.81 bits per heavy atom. The standard InChI is InChI=1S/C12H16N2O2/c1-8-4-5-10(13)9(2)11(8)14-6-3-7-16-12(14)15/h4-5H,3,6-7,13H2,1-2H3. The molecule has 1 aromatic rings. The van der Waals surface area contributed by atoms with E-state index in [4.69, 9.17) is 10.5 Å². The first-order valence-corrected chi connectivity index (χ1v) is 5.41. The topological polar surface area (TPSA) is 55.6 Å². The summed E-state index contributed by atoms with van der Waals surface area (Å²) in [7, 11) is 0. The van der Waals surface area contributed by atoms with Crippen LogP contribution in [0.1, 0.15) is 17.5 Å². The van der Waals surface area contributed by atoms with Gasteiger partial charge in [0.1, 0.15) is 0 Å². The molecule has 1 saturated heterocycles. The molecule has 86 valence electrons. The summed E-state index contributed by atoms with van der Waals surface area (Å²) in [5, 5.41) is 0. The van der Waals surface area contributed by atoms with Gasteiger partial charge < -0.3 is 10.5 Å². The average Bonchev–Trinajstić information content (AvgIpc) is 2.27. The van der Waals surface area contributed by atoms with Gasteiger partial charge in [0.05, 0.1) is 12.3 Å². The van der Waals surface area contributed by atoms with E-state index in [0.717, 1.165) is 23.2 Å². The van der Waals surface area contributed by atoms with Crippen LogP contribution < -0.4 is 10.6 Å². The van der Waals surface area contributed by atoms with E-state index in [1.54, 1.807) is 4.90 Å². The van der Waals surface area contributed by atoms with Crippen LogP contribution in [-0.4, -0.2) is 19.2 Å². The van der Waals surface area contributed by atoms with Crippen molar-refractivity contribution in [1.29, 1.82) is 0 Å². The Kier molecular flexibility index (Phi) is 2.73. The molecule has 1 amide bonds. The molecular formula is C12H16N2O2. The number of cyclic esters (lactones) is 1. The number of hydrogen-bond donors (Lipinski definition) is 1. The van der Waals surface area contributed by atoms with Crippen LogP contribution in [0.5, 0.6) is 0 Å². The Morgan fingerprint density at radius 2 is 2.12 bits per heavy atom. The summed E-state index contributed by atoms with van der Waals surface area (Å²) < 4.78 is 5.04. The molecular weight excluding hydrogens is 204 g/mol. The molecule has 0 radical (unpaired) electrons. The number of anilines is 2. The molecule has 0 saturated carbocycles. The number of amides is 1. The molecule has 4 nitrogen and oxygen atoms in total. The minimum atomic E-state index is -0.275. The number of nitrogen functional groups attached to an aromatic ring is 1. The average molecular weight is 220 g/mol. The third-order valence-electron chi connectivity index (χ3n) is 2.92. The molecule has 0 aromatic heterocycles. The van der Waals surface area contributed by atoms with Gasteiger partial charge in [-0.1, -0.05) is 6.07 Å². The largest absolute Gasteiger partial charge is 0.449 e. The van der Waals surface area contributed by atoms with E-state index in [2.05, 4.69) is 0 Å². The number of benzene rings is 1. The van der Waals surface area contributed by atoms with E-state index in [9.17, 15) is 4.79 Å². The van der Waals surface area contributed by atoms with Gasteiger partial charge >= 0.3 is 6.09 Å². The summed E-state index contributed by atoms with van der Waals surface area (Å²) >= 11 is 0. The third-order valence-corrected chi connectivity index (χ3v) is 2.92. The number of aryl methyl sites for hydroxylation is 1. The van der Waals surface area contributed by atoms with Crippen LogP contribution in [0.3, 0.4) is 0 Å². The third kappa shape index (κ3) is 1.71. The molecule has 1 heterocycles. The number of hydrogen-bond acceptors (Lipinski definition) is 3. The van der Waals surface area contributed by atoms with Crippen LogP contribution in [0, 0.1) is 13.8 Å².